The first-order valence-electron chi connectivity index (χ1n) is 10.7. The molecule has 2 aromatic rings. The Labute approximate surface area is 193 Å². The van der Waals surface area contributed by atoms with Crippen molar-refractivity contribution in [3.8, 4) is 17.2 Å². The van der Waals surface area contributed by atoms with Crippen molar-refractivity contribution in [2.24, 2.45) is 5.92 Å². The van der Waals surface area contributed by atoms with Crippen LogP contribution in [0.4, 0.5) is 4.79 Å². The summed E-state index contributed by atoms with van der Waals surface area (Å²) in [6, 6.07) is 11.8. The van der Waals surface area contributed by atoms with Gasteiger partial charge in [0.2, 0.25) is 0 Å². The van der Waals surface area contributed by atoms with Crippen molar-refractivity contribution in [2.45, 2.75) is 33.4 Å². The van der Waals surface area contributed by atoms with Crippen molar-refractivity contribution in [1.82, 2.24) is 10.6 Å². The zero-order chi connectivity index (χ0) is 24.0. The summed E-state index contributed by atoms with van der Waals surface area (Å²) in [4.78, 5) is 24.9. The molecule has 1 heterocycles. The molecule has 3 rings (SSSR count). The minimum absolute atomic E-state index is 0.196. The van der Waals surface area contributed by atoms with Gasteiger partial charge in [-0.1, -0.05) is 32.0 Å². The predicted octanol–water partition coefficient (Wildman–Crippen LogP) is 4.11. The Balaban J connectivity index is 1.82. The van der Waals surface area contributed by atoms with Gasteiger partial charge in [-0.15, -0.1) is 0 Å². The number of hydrogen-bond donors (Lipinski definition) is 2. The molecule has 8 nitrogen and oxygen atoms in total. The fourth-order valence-electron chi connectivity index (χ4n) is 3.40. The fraction of sp³-hybridized carbons (Fsp3) is 0.360. The van der Waals surface area contributed by atoms with Crippen LogP contribution < -0.4 is 24.8 Å². The number of hydrogen-bond acceptors (Lipinski definition) is 6. The van der Waals surface area contributed by atoms with E-state index < -0.39 is 18.0 Å². The van der Waals surface area contributed by atoms with Crippen LogP contribution in [0.2, 0.25) is 0 Å². The fourth-order valence-corrected chi connectivity index (χ4v) is 3.40. The van der Waals surface area contributed by atoms with E-state index in [1.807, 2.05) is 38.1 Å². The summed E-state index contributed by atoms with van der Waals surface area (Å²) in [5.41, 5.74) is 2.45. The summed E-state index contributed by atoms with van der Waals surface area (Å²) in [5.74, 6) is 1.53. The Morgan fingerprint density at radius 2 is 1.76 bits per heavy atom. The SMILES string of the molecule is COc1ccc(COc2ccc(C3NC(=O)NC(C)=C3C(=O)OCC(C)C)cc2OC)cc1. The van der Waals surface area contributed by atoms with Crippen LogP contribution in [0.15, 0.2) is 53.7 Å². The standard InChI is InChI=1S/C25H30N2O6/c1-15(2)13-33-24(28)22-16(3)26-25(29)27-23(22)18-8-11-20(21(12-18)31-5)32-14-17-6-9-19(30-4)10-7-17/h6-12,15,23H,13-14H2,1-5H3,(H2,26,27,29). The number of methoxy groups -OCH3 is 2. The lowest BCUT2D eigenvalue weighted by atomic mass is 9.95. The first kappa shape index (κ1) is 24.0. The highest BCUT2D eigenvalue weighted by Crippen LogP contribution is 2.35. The largest absolute Gasteiger partial charge is 0.497 e. The van der Waals surface area contributed by atoms with E-state index in [4.69, 9.17) is 18.9 Å². The molecule has 0 bridgehead atoms. The molecular weight excluding hydrogens is 424 g/mol. The molecule has 2 aromatic carbocycles. The second-order valence-electron chi connectivity index (χ2n) is 8.11. The molecule has 1 aliphatic heterocycles. The highest BCUT2D eigenvalue weighted by molar-refractivity contribution is 5.95. The number of allylic oxidation sites excluding steroid dienone is 1. The average molecular weight is 455 g/mol. The number of amides is 2. The Morgan fingerprint density at radius 3 is 2.39 bits per heavy atom. The van der Waals surface area contributed by atoms with Gasteiger partial charge in [-0.05, 0) is 48.2 Å². The van der Waals surface area contributed by atoms with Gasteiger partial charge in [-0.25, -0.2) is 9.59 Å². The molecule has 0 spiro atoms. The molecule has 0 saturated carbocycles. The molecule has 1 atom stereocenters. The summed E-state index contributed by atoms with van der Waals surface area (Å²) >= 11 is 0. The molecular formula is C25H30N2O6. The van der Waals surface area contributed by atoms with E-state index in [-0.39, 0.29) is 12.5 Å². The van der Waals surface area contributed by atoms with E-state index in [0.29, 0.717) is 34.9 Å². The highest BCUT2D eigenvalue weighted by Gasteiger charge is 2.32. The minimum atomic E-state index is -0.678. The normalized spacial score (nSPS) is 15.6. The predicted molar refractivity (Wildman–Crippen MR) is 123 cm³/mol. The van der Waals surface area contributed by atoms with Gasteiger partial charge in [0.15, 0.2) is 11.5 Å². The van der Waals surface area contributed by atoms with Crippen LogP contribution in [0, 0.1) is 5.92 Å². The van der Waals surface area contributed by atoms with E-state index in [1.54, 1.807) is 39.3 Å². The van der Waals surface area contributed by atoms with Crippen LogP contribution in [0.3, 0.4) is 0 Å². The molecule has 0 radical (unpaired) electrons. The van der Waals surface area contributed by atoms with Crippen LogP contribution in [-0.4, -0.2) is 32.8 Å². The maximum absolute atomic E-state index is 12.8. The smallest absolute Gasteiger partial charge is 0.338 e. The highest BCUT2D eigenvalue weighted by atomic mass is 16.5. The number of benzene rings is 2. The summed E-state index contributed by atoms with van der Waals surface area (Å²) in [6.45, 7) is 6.24. The molecule has 33 heavy (non-hydrogen) atoms. The third-order valence-electron chi connectivity index (χ3n) is 5.11. The summed E-state index contributed by atoms with van der Waals surface area (Å²) in [6.07, 6.45) is 0. The van der Waals surface area contributed by atoms with Crippen molar-refractivity contribution < 1.29 is 28.5 Å². The maximum Gasteiger partial charge on any atom is 0.338 e. The van der Waals surface area contributed by atoms with E-state index in [0.717, 1.165) is 11.3 Å². The molecule has 0 saturated heterocycles. The number of nitrogens with one attached hydrogen (secondary N) is 2. The summed E-state index contributed by atoms with van der Waals surface area (Å²) in [7, 11) is 3.16. The lowest BCUT2D eigenvalue weighted by molar-refractivity contribution is -0.140. The lowest BCUT2D eigenvalue weighted by Gasteiger charge is -2.28. The number of urea groups is 1. The number of carbonyl (C=O) groups is 2. The Bertz CT molecular complexity index is 1030. The topological polar surface area (TPSA) is 95.1 Å². The van der Waals surface area contributed by atoms with Crippen LogP contribution in [0.1, 0.15) is 37.9 Å². The van der Waals surface area contributed by atoms with E-state index in [1.165, 1.54) is 0 Å². The van der Waals surface area contributed by atoms with Crippen molar-refractivity contribution >= 4 is 12.0 Å². The molecule has 1 unspecified atom stereocenters. The number of ether oxygens (including phenoxy) is 4. The second kappa shape index (κ2) is 10.8. The van der Waals surface area contributed by atoms with E-state index in [2.05, 4.69) is 10.6 Å². The first-order chi connectivity index (χ1) is 15.8. The summed E-state index contributed by atoms with van der Waals surface area (Å²) < 4.78 is 22.1. The van der Waals surface area contributed by atoms with Crippen molar-refractivity contribution in [3.05, 3.63) is 64.9 Å². The molecule has 2 amide bonds. The average Bonchev–Trinajstić information content (AvgIpc) is 2.80. The van der Waals surface area contributed by atoms with Crippen molar-refractivity contribution in [3.63, 3.8) is 0 Å². The quantitative estimate of drug-likeness (QED) is 0.554. The van der Waals surface area contributed by atoms with E-state index in [9.17, 15) is 9.59 Å². The van der Waals surface area contributed by atoms with Crippen molar-refractivity contribution in [1.29, 1.82) is 0 Å². The molecule has 176 valence electrons. The lowest BCUT2D eigenvalue weighted by Crippen LogP contribution is -2.45. The minimum Gasteiger partial charge on any atom is -0.497 e. The van der Waals surface area contributed by atoms with Gasteiger partial charge in [0, 0.05) is 5.70 Å². The van der Waals surface area contributed by atoms with Gasteiger partial charge in [0.25, 0.3) is 0 Å². The van der Waals surface area contributed by atoms with Crippen LogP contribution in [0.25, 0.3) is 0 Å². The van der Waals surface area contributed by atoms with Gasteiger partial charge in [0.1, 0.15) is 12.4 Å². The second-order valence-corrected chi connectivity index (χ2v) is 8.11. The zero-order valence-corrected chi connectivity index (χ0v) is 19.6. The van der Waals surface area contributed by atoms with Gasteiger partial charge in [0.05, 0.1) is 32.4 Å². The molecule has 0 aromatic heterocycles. The van der Waals surface area contributed by atoms with Crippen molar-refractivity contribution in [2.75, 3.05) is 20.8 Å². The molecule has 2 N–H and O–H groups in total. The first-order valence-corrected chi connectivity index (χ1v) is 10.7. The van der Waals surface area contributed by atoms with Crippen LogP contribution in [-0.2, 0) is 16.1 Å². The monoisotopic (exact) mass is 454 g/mol. The van der Waals surface area contributed by atoms with Gasteiger partial charge < -0.3 is 29.6 Å². The Hall–Kier alpha value is -3.68. The molecule has 1 aliphatic rings. The van der Waals surface area contributed by atoms with E-state index >= 15 is 0 Å². The third-order valence-corrected chi connectivity index (χ3v) is 5.11. The van der Waals surface area contributed by atoms with Gasteiger partial charge in [-0.3, -0.25) is 0 Å². The molecule has 8 heteroatoms. The van der Waals surface area contributed by atoms with Crippen LogP contribution in [0.5, 0.6) is 17.2 Å². The Morgan fingerprint density at radius 1 is 1.03 bits per heavy atom. The van der Waals surface area contributed by atoms with Gasteiger partial charge in [-0.2, -0.15) is 0 Å². The summed E-state index contributed by atoms with van der Waals surface area (Å²) in [5, 5.41) is 5.45. The zero-order valence-electron chi connectivity index (χ0n) is 19.6. The number of rotatable bonds is 9. The van der Waals surface area contributed by atoms with Crippen LogP contribution >= 0.6 is 0 Å². The number of carbonyl (C=O) groups excluding carboxylic acids is 2. The maximum atomic E-state index is 12.8. The third kappa shape index (κ3) is 5.97. The number of esters is 1. The molecule has 0 fully saturated rings. The van der Waals surface area contributed by atoms with Gasteiger partial charge >= 0.3 is 12.0 Å². The molecule has 0 aliphatic carbocycles. The Kier molecular flexibility index (Phi) is 7.82.